The van der Waals surface area contributed by atoms with E-state index in [4.69, 9.17) is 0 Å². The SMILES string of the molecule is Cc1cnc([C@H]2CCCN2C(=O)c2cc3cc(F)ccc3[nH]2)[nH]1. The van der Waals surface area contributed by atoms with E-state index in [1.807, 2.05) is 11.8 Å². The van der Waals surface area contributed by atoms with Crippen LogP contribution in [-0.2, 0) is 0 Å². The standard InChI is InChI=1S/C17H17FN4O/c1-10-9-19-16(20-10)15-3-2-6-22(15)17(23)14-8-11-7-12(18)4-5-13(11)21-14/h4-5,7-9,15,21H,2-3,6H2,1H3,(H,19,20)/t15-/m1/s1. The van der Waals surface area contributed by atoms with Gasteiger partial charge in [0.05, 0.1) is 6.04 Å². The molecule has 1 aliphatic rings. The van der Waals surface area contributed by atoms with Crippen molar-refractivity contribution in [3.8, 4) is 0 Å². The summed E-state index contributed by atoms with van der Waals surface area (Å²) in [7, 11) is 0. The van der Waals surface area contributed by atoms with Gasteiger partial charge in [-0.3, -0.25) is 4.79 Å². The molecule has 5 nitrogen and oxygen atoms in total. The second kappa shape index (κ2) is 5.22. The molecule has 0 spiro atoms. The second-order valence-corrected chi connectivity index (χ2v) is 6.02. The lowest BCUT2D eigenvalue weighted by molar-refractivity contribution is 0.0725. The predicted molar refractivity (Wildman–Crippen MR) is 84.6 cm³/mol. The zero-order chi connectivity index (χ0) is 16.0. The number of hydrogen-bond donors (Lipinski definition) is 2. The van der Waals surface area contributed by atoms with Crippen molar-refractivity contribution in [3.63, 3.8) is 0 Å². The first kappa shape index (κ1) is 14.0. The Labute approximate surface area is 132 Å². The topological polar surface area (TPSA) is 64.8 Å². The highest BCUT2D eigenvalue weighted by molar-refractivity contribution is 5.98. The molecule has 1 amide bonds. The summed E-state index contributed by atoms with van der Waals surface area (Å²) >= 11 is 0. The van der Waals surface area contributed by atoms with Gasteiger partial charge in [-0.05, 0) is 44.0 Å². The van der Waals surface area contributed by atoms with Gasteiger partial charge in [0.2, 0.25) is 0 Å². The summed E-state index contributed by atoms with van der Waals surface area (Å²) in [5, 5.41) is 0.706. The lowest BCUT2D eigenvalue weighted by atomic mass is 10.2. The highest BCUT2D eigenvalue weighted by Crippen LogP contribution is 2.32. The van der Waals surface area contributed by atoms with Crippen molar-refractivity contribution < 1.29 is 9.18 Å². The van der Waals surface area contributed by atoms with E-state index in [1.54, 1.807) is 18.3 Å². The molecule has 3 heterocycles. The molecule has 1 aromatic carbocycles. The van der Waals surface area contributed by atoms with Gasteiger partial charge in [-0.15, -0.1) is 0 Å². The van der Waals surface area contributed by atoms with E-state index in [2.05, 4.69) is 15.0 Å². The number of H-pyrrole nitrogens is 2. The minimum Gasteiger partial charge on any atom is -0.351 e. The molecule has 0 saturated carbocycles. The maximum atomic E-state index is 13.3. The van der Waals surface area contributed by atoms with Crippen LogP contribution in [0.2, 0.25) is 0 Å². The van der Waals surface area contributed by atoms with Crippen molar-refractivity contribution in [2.75, 3.05) is 6.54 Å². The number of aromatic amines is 2. The van der Waals surface area contributed by atoms with E-state index in [1.165, 1.54) is 12.1 Å². The maximum Gasteiger partial charge on any atom is 0.270 e. The molecule has 4 rings (SSSR count). The summed E-state index contributed by atoms with van der Waals surface area (Å²) in [5.74, 6) is 0.453. The zero-order valence-corrected chi connectivity index (χ0v) is 12.8. The summed E-state index contributed by atoms with van der Waals surface area (Å²) in [6, 6.07) is 6.15. The monoisotopic (exact) mass is 312 g/mol. The number of carbonyl (C=O) groups is 1. The smallest absolute Gasteiger partial charge is 0.270 e. The molecular formula is C17H17FN4O. The van der Waals surface area contributed by atoms with E-state index in [0.29, 0.717) is 17.6 Å². The Balaban J connectivity index is 1.66. The number of fused-ring (bicyclic) bond motifs is 1. The second-order valence-electron chi connectivity index (χ2n) is 6.02. The van der Waals surface area contributed by atoms with Crippen LogP contribution in [-0.4, -0.2) is 32.3 Å². The summed E-state index contributed by atoms with van der Waals surface area (Å²) < 4.78 is 13.3. The Morgan fingerprint density at radius 3 is 3.00 bits per heavy atom. The van der Waals surface area contributed by atoms with Crippen LogP contribution in [0.3, 0.4) is 0 Å². The van der Waals surface area contributed by atoms with Gasteiger partial charge in [0.1, 0.15) is 17.3 Å². The molecule has 0 aliphatic carbocycles. The molecule has 0 unspecified atom stereocenters. The van der Waals surface area contributed by atoms with Crippen LogP contribution in [0.1, 0.15) is 40.9 Å². The number of benzene rings is 1. The fourth-order valence-electron chi connectivity index (χ4n) is 3.27. The molecule has 0 bridgehead atoms. The van der Waals surface area contributed by atoms with Crippen molar-refractivity contribution in [1.29, 1.82) is 0 Å². The Morgan fingerprint density at radius 2 is 2.22 bits per heavy atom. The van der Waals surface area contributed by atoms with Gasteiger partial charge in [0.15, 0.2) is 0 Å². The van der Waals surface area contributed by atoms with Crippen LogP contribution < -0.4 is 0 Å². The average Bonchev–Trinajstić information content (AvgIpc) is 3.23. The molecule has 118 valence electrons. The van der Waals surface area contributed by atoms with Gasteiger partial charge in [-0.25, -0.2) is 9.37 Å². The molecule has 2 N–H and O–H groups in total. The third-order valence-corrected chi connectivity index (χ3v) is 4.37. The Hall–Kier alpha value is -2.63. The Morgan fingerprint density at radius 1 is 1.35 bits per heavy atom. The number of nitrogens with zero attached hydrogens (tertiary/aromatic N) is 2. The van der Waals surface area contributed by atoms with Gasteiger partial charge < -0.3 is 14.9 Å². The van der Waals surface area contributed by atoms with E-state index >= 15 is 0 Å². The van der Waals surface area contributed by atoms with Gasteiger partial charge in [0.25, 0.3) is 5.91 Å². The number of amides is 1. The van der Waals surface area contributed by atoms with Gasteiger partial charge >= 0.3 is 0 Å². The number of hydrogen-bond acceptors (Lipinski definition) is 2. The van der Waals surface area contributed by atoms with E-state index in [0.717, 1.165) is 29.9 Å². The fraction of sp³-hybridized carbons (Fsp3) is 0.294. The molecule has 1 fully saturated rings. The minimum absolute atomic E-state index is 0.0284. The van der Waals surface area contributed by atoms with Crippen LogP contribution in [0.15, 0.2) is 30.5 Å². The number of carbonyl (C=O) groups excluding carboxylic acids is 1. The summed E-state index contributed by atoms with van der Waals surface area (Å²) in [6.07, 6.45) is 3.63. The van der Waals surface area contributed by atoms with Crippen molar-refractivity contribution in [3.05, 3.63) is 53.5 Å². The van der Waals surface area contributed by atoms with Crippen LogP contribution in [0.5, 0.6) is 0 Å². The highest BCUT2D eigenvalue weighted by Gasteiger charge is 2.33. The number of imidazole rings is 1. The molecule has 1 aliphatic heterocycles. The first-order valence-electron chi connectivity index (χ1n) is 7.72. The number of likely N-dealkylation sites (tertiary alicyclic amines) is 1. The molecule has 2 aromatic heterocycles. The summed E-state index contributed by atoms with van der Waals surface area (Å²) in [5.41, 5.74) is 2.24. The van der Waals surface area contributed by atoms with Crippen molar-refractivity contribution >= 4 is 16.8 Å². The Bertz CT molecular complexity index is 882. The molecule has 6 heteroatoms. The fourth-order valence-corrected chi connectivity index (χ4v) is 3.27. The predicted octanol–water partition coefficient (Wildman–Crippen LogP) is 3.32. The van der Waals surface area contributed by atoms with E-state index in [9.17, 15) is 9.18 Å². The van der Waals surface area contributed by atoms with Gasteiger partial charge in [-0.2, -0.15) is 0 Å². The lowest BCUT2D eigenvalue weighted by Gasteiger charge is -2.22. The number of aryl methyl sites for hydroxylation is 1. The van der Waals surface area contributed by atoms with Crippen LogP contribution in [0, 0.1) is 12.7 Å². The van der Waals surface area contributed by atoms with Crippen molar-refractivity contribution in [1.82, 2.24) is 19.9 Å². The van der Waals surface area contributed by atoms with Crippen LogP contribution in [0.4, 0.5) is 4.39 Å². The van der Waals surface area contributed by atoms with Gasteiger partial charge in [0, 0.05) is 29.3 Å². The normalized spacial score (nSPS) is 18.0. The van der Waals surface area contributed by atoms with E-state index in [-0.39, 0.29) is 17.8 Å². The molecule has 1 atom stereocenters. The molecule has 1 saturated heterocycles. The highest BCUT2D eigenvalue weighted by atomic mass is 19.1. The number of nitrogens with one attached hydrogen (secondary N) is 2. The maximum absolute atomic E-state index is 13.3. The molecule has 0 radical (unpaired) electrons. The zero-order valence-electron chi connectivity index (χ0n) is 12.8. The molecule has 3 aromatic rings. The number of rotatable bonds is 2. The van der Waals surface area contributed by atoms with Crippen molar-refractivity contribution in [2.45, 2.75) is 25.8 Å². The lowest BCUT2D eigenvalue weighted by Crippen LogP contribution is -2.31. The van der Waals surface area contributed by atoms with E-state index < -0.39 is 0 Å². The third-order valence-electron chi connectivity index (χ3n) is 4.37. The average molecular weight is 312 g/mol. The van der Waals surface area contributed by atoms with Gasteiger partial charge in [-0.1, -0.05) is 0 Å². The first-order chi connectivity index (χ1) is 11.1. The number of aromatic nitrogens is 3. The Kier molecular flexibility index (Phi) is 3.18. The largest absolute Gasteiger partial charge is 0.351 e. The van der Waals surface area contributed by atoms with Crippen molar-refractivity contribution in [2.24, 2.45) is 0 Å². The van der Waals surface area contributed by atoms with Crippen LogP contribution in [0.25, 0.3) is 10.9 Å². The summed E-state index contributed by atoms with van der Waals surface area (Å²) in [6.45, 7) is 2.65. The quantitative estimate of drug-likeness (QED) is 0.762. The van der Waals surface area contributed by atoms with Crippen LogP contribution >= 0.6 is 0 Å². The first-order valence-corrected chi connectivity index (χ1v) is 7.72. The molecular weight excluding hydrogens is 295 g/mol. The summed E-state index contributed by atoms with van der Waals surface area (Å²) in [4.78, 5) is 25.4. The number of halogens is 1. The molecule has 23 heavy (non-hydrogen) atoms. The third kappa shape index (κ3) is 2.40. The minimum atomic E-state index is -0.305.